The second kappa shape index (κ2) is 5.76. The molecule has 1 N–H and O–H groups in total. The number of ether oxygens (including phenoxy) is 1. The van der Waals surface area contributed by atoms with Crippen molar-refractivity contribution < 1.29 is 14.6 Å². The Bertz CT molecular complexity index is 421. The zero-order chi connectivity index (χ0) is 12.0. The van der Waals surface area contributed by atoms with E-state index >= 15 is 0 Å². The maximum absolute atomic E-state index is 11.1. The van der Waals surface area contributed by atoms with Crippen molar-refractivity contribution >= 4 is 5.97 Å². The fourth-order valence-electron chi connectivity index (χ4n) is 1.39. The average Bonchev–Trinajstić information content (AvgIpc) is 2.27. The molecule has 1 aromatic carbocycles. The highest BCUT2D eigenvalue weighted by atomic mass is 16.5. The number of phenols is 1. The number of carbonyl (C=O) groups is 1. The van der Waals surface area contributed by atoms with Gasteiger partial charge in [0.1, 0.15) is 11.8 Å². The van der Waals surface area contributed by atoms with Gasteiger partial charge in [-0.25, -0.2) is 0 Å². The van der Waals surface area contributed by atoms with Crippen LogP contribution in [-0.2, 0) is 16.0 Å². The molecule has 0 heterocycles. The SMILES string of the molecule is CCOC(=O)CCc1cccc(O)c1C#N. The van der Waals surface area contributed by atoms with Crippen LogP contribution in [0.15, 0.2) is 18.2 Å². The maximum atomic E-state index is 11.1. The van der Waals surface area contributed by atoms with Crippen LogP contribution < -0.4 is 0 Å². The van der Waals surface area contributed by atoms with Crippen molar-refractivity contribution in [2.45, 2.75) is 19.8 Å². The normalized spacial score (nSPS) is 9.50. The molecular formula is C12H13NO3. The summed E-state index contributed by atoms with van der Waals surface area (Å²) in [7, 11) is 0. The van der Waals surface area contributed by atoms with Crippen LogP contribution in [0.25, 0.3) is 0 Å². The number of phenolic OH excluding ortho intramolecular Hbond substituents is 1. The fourth-order valence-corrected chi connectivity index (χ4v) is 1.39. The van der Waals surface area contributed by atoms with E-state index in [0.717, 1.165) is 0 Å². The highest BCUT2D eigenvalue weighted by Gasteiger charge is 2.09. The first kappa shape index (κ1) is 12.1. The van der Waals surface area contributed by atoms with Gasteiger partial charge in [-0.15, -0.1) is 0 Å². The van der Waals surface area contributed by atoms with Crippen molar-refractivity contribution in [3.8, 4) is 11.8 Å². The Hall–Kier alpha value is -2.02. The van der Waals surface area contributed by atoms with Crippen LogP contribution in [-0.4, -0.2) is 17.7 Å². The van der Waals surface area contributed by atoms with Crippen LogP contribution in [0.3, 0.4) is 0 Å². The van der Waals surface area contributed by atoms with Crippen molar-refractivity contribution in [3.63, 3.8) is 0 Å². The third kappa shape index (κ3) is 2.99. The van der Waals surface area contributed by atoms with Crippen molar-refractivity contribution in [1.29, 1.82) is 5.26 Å². The van der Waals surface area contributed by atoms with E-state index in [1.54, 1.807) is 19.1 Å². The van der Waals surface area contributed by atoms with Crippen molar-refractivity contribution in [2.75, 3.05) is 6.61 Å². The van der Waals surface area contributed by atoms with Gasteiger partial charge < -0.3 is 9.84 Å². The predicted molar refractivity (Wildman–Crippen MR) is 57.8 cm³/mol. The minimum Gasteiger partial charge on any atom is -0.507 e. The Morgan fingerprint density at radius 1 is 1.56 bits per heavy atom. The molecule has 0 aromatic heterocycles. The lowest BCUT2D eigenvalue weighted by Crippen LogP contribution is -2.05. The molecule has 16 heavy (non-hydrogen) atoms. The number of hydrogen-bond acceptors (Lipinski definition) is 4. The van der Waals surface area contributed by atoms with Crippen molar-refractivity contribution in [1.82, 2.24) is 0 Å². The molecule has 4 heteroatoms. The zero-order valence-corrected chi connectivity index (χ0v) is 9.06. The van der Waals surface area contributed by atoms with Gasteiger partial charge in [-0.2, -0.15) is 5.26 Å². The van der Waals surface area contributed by atoms with Gasteiger partial charge in [-0.1, -0.05) is 12.1 Å². The van der Waals surface area contributed by atoms with Gasteiger partial charge in [0.05, 0.1) is 12.2 Å². The molecule has 0 bridgehead atoms. The lowest BCUT2D eigenvalue weighted by Gasteiger charge is -2.05. The van der Waals surface area contributed by atoms with E-state index in [1.807, 2.05) is 6.07 Å². The van der Waals surface area contributed by atoms with E-state index in [1.165, 1.54) is 6.07 Å². The number of benzene rings is 1. The Morgan fingerprint density at radius 2 is 2.31 bits per heavy atom. The quantitative estimate of drug-likeness (QED) is 0.783. The first-order valence-corrected chi connectivity index (χ1v) is 5.05. The number of aromatic hydroxyl groups is 1. The molecule has 0 radical (unpaired) electrons. The van der Waals surface area contributed by atoms with Crippen LogP contribution in [0, 0.1) is 11.3 Å². The molecule has 0 saturated carbocycles. The van der Waals surface area contributed by atoms with Gasteiger partial charge in [0.15, 0.2) is 0 Å². The highest BCUT2D eigenvalue weighted by molar-refractivity contribution is 5.70. The Labute approximate surface area is 94.1 Å². The summed E-state index contributed by atoms with van der Waals surface area (Å²) in [6.45, 7) is 2.09. The van der Waals surface area contributed by atoms with Gasteiger partial charge in [0.2, 0.25) is 0 Å². The molecule has 0 spiro atoms. The molecule has 0 fully saturated rings. The molecule has 0 saturated heterocycles. The number of carbonyl (C=O) groups excluding carboxylic acids is 1. The first-order chi connectivity index (χ1) is 7.69. The van der Waals surface area contributed by atoms with Crippen LogP contribution in [0.2, 0.25) is 0 Å². The molecule has 1 aromatic rings. The van der Waals surface area contributed by atoms with E-state index < -0.39 is 0 Å². The molecule has 1 rings (SSSR count). The third-order valence-corrected chi connectivity index (χ3v) is 2.14. The van der Waals surface area contributed by atoms with E-state index in [2.05, 4.69) is 0 Å². The molecule has 0 unspecified atom stereocenters. The lowest BCUT2D eigenvalue weighted by molar-refractivity contribution is -0.143. The fraction of sp³-hybridized carbons (Fsp3) is 0.333. The number of hydrogen-bond donors (Lipinski definition) is 1. The van der Waals surface area contributed by atoms with Crippen LogP contribution >= 0.6 is 0 Å². The third-order valence-electron chi connectivity index (χ3n) is 2.14. The maximum Gasteiger partial charge on any atom is 0.306 e. The number of rotatable bonds is 4. The standard InChI is InChI=1S/C12H13NO3/c1-2-16-12(15)7-6-9-4-3-5-11(14)10(9)8-13/h3-5,14H,2,6-7H2,1H3. The van der Waals surface area contributed by atoms with E-state index in [-0.39, 0.29) is 23.7 Å². The second-order valence-electron chi connectivity index (χ2n) is 3.23. The molecule has 4 nitrogen and oxygen atoms in total. The van der Waals surface area contributed by atoms with Gasteiger partial charge in [-0.05, 0) is 25.0 Å². The van der Waals surface area contributed by atoms with Gasteiger partial charge >= 0.3 is 5.97 Å². The molecule has 84 valence electrons. The van der Waals surface area contributed by atoms with Crippen LogP contribution in [0.5, 0.6) is 5.75 Å². The minimum absolute atomic E-state index is 0.0520. The van der Waals surface area contributed by atoms with Crippen LogP contribution in [0.1, 0.15) is 24.5 Å². The van der Waals surface area contributed by atoms with Gasteiger partial charge in [0, 0.05) is 6.42 Å². The summed E-state index contributed by atoms with van der Waals surface area (Å²) in [4.78, 5) is 11.1. The van der Waals surface area contributed by atoms with E-state index in [9.17, 15) is 9.90 Å². The summed E-state index contributed by atoms with van der Waals surface area (Å²) < 4.78 is 4.78. The Balaban J connectivity index is 2.71. The zero-order valence-electron chi connectivity index (χ0n) is 9.06. The number of nitriles is 1. The minimum atomic E-state index is -0.297. The lowest BCUT2D eigenvalue weighted by atomic mass is 10.0. The second-order valence-corrected chi connectivity index (χ2v) is 3.23. The van der Waals surface area contributed by atoms with Crippen molar-refractivity contribution in [3.05, 3.63) is 29.3 Å². The van der Waals surface area contributed by atoms with Gasteiger partial charge in [0.25, 0.3) is 0 Å². The number of nitrogens with zero attached hydrogens (tertiary/aromatic N) is 1. The molecule has 0 aliphatic heterocycles. The topological polar surface area (TPSA) is 70.3 Å². The molecular weight excluding hydrogens is 206 g/mol. The summed E-state index contributed by atoms with van der Waals surface area (Å²) in [5.74, 6) is -0.349. The highest BCUT2D eigenvalue weighted by Crippen LogP contribution is 2.20. The largest absolute Gasteiger partial charge is 0.507 e. The van der Waals surface area contributed by atoms with E-state index in [0.29, 0.717) is 18.6 Å². The molecule has 0 aliphatic rings. The molecule has 0 aliphatic carbocycles. The average molecular weight is 219 g/mol. The molecule has 0 atom stereocenters. The smallest absolute Gasteiger partial charge is 0.306 e. The van der Waals surface area contributed by atoms with Crippen LogP contribution in [0.4, 0.5) is 0 Å². The Kier molecular flexibility index (Phi) is 4.34. The van der Waals surface area contributed by atoms with E-state index in [4.69, 9.17) is 10.00 Å². The summed E-state index contributed by atoms with van der Waals surface area (Å²) in [6, 6.07) is 6.74. The summed E-state index contributed by atoms with van der Waals surface area (Å²) in [5.41, 5.74) is 0.891. The number of esters is 1. The monoisotopic (exact) mass is 219 g/mol. The Morgan fingerprint density at radius 3 is 2.94 bits per heavy atom. The summed E-state index contributed by atoms with van der Waals surface area (Å²) in [6.07, 6.45) is 0.613. The summed E-state index contributed by atoms with van der Waals surface area (Å²) in [5, 5.41) is 18.3. The summed E-state index contributed by atoms with van der Waals surface area (Å²) >= 11 is 0. The molecule has 0 amide bonds. The van der Waals surface area contributed by atoms with Crippen molar-refractivity contribution in [2.24, 2.45) is 0 Å². The predicted octanol–water partition coefficient (Wildman–Crippen LogP) is 1.76. The number of aryl methyl sites for hydroxylation is 1. The van der Waals surface area contributed by atoms with Gasteiger partial charge in [-0.3, -0.25) is 4.79 Å². The first-order valence-electron chi connectivity index (χ1n) is 5.05.